The second kappa shape index (κ2) is 7.55. The molecule has 4 N–H and O–H groups in total. The van der Waals surface area contributed by atoms with Gasteiger partial charge in [-0.05, 0) is 38.1 Å². The number of hydrogen-bond acceptors (Lipinski definition) is 7. The number of nitrogens with one attached hydrogen (secondary N) is 2. The average Bonchev–Trinajstić information content (AvgIpc) is 3.12. The van der Waals surface area contributed by atoms with Crippen LogP contribution >= 0.6 is 11.3 Å². The van der Waals surface area contributed by atoms with Crippen molar-refractivity contribution in [1.29, 1.82) is 0 Å². The molecule has 1 amide bonds. The van der Waals surface area contributed by atoms with Crippen molar-refractivity contribution in [2.45, 2.75) is 18.8 Å². The van der Waals surface area contributed by atoms with Gasteiger partial charge >= 0.3 is 0 Å². The van der Waals surface area contributed by atoms with Crippen LogP contribution < -0.4 is 21.9 Å². The summed E-state index contributed by atoms with van der Waals surface area (Å²) < 4.78 is 1.79. The van der Waals surface area contributed by atoms with Crippen molar-refractivity contribution < 1.29 is 4.79 Å². The number of fused-ring (bicyclic) bond motifs is 1. The van der Waals surface area contributed by atoms with Gasteiger partial charge in [-0.2, -0.15) is 10.1 Å². The van der Waals surface area contributed by atoms with Gasteiger partial charge in [0, 0.05) is 23.2 Å². The van der Waals surface area contributed by atoms with Crippen molar-refractivity contribution in [2.24, 2.45) is 5.73 Å². The van der Waals surface area contributed by atoms with Gasteiger partial charge in [0.2, 0.25) is 10.9 Å². The normalized spacial score (nSPS) is 15.1. The lowest BCUT2D eigenvalue weighted by Gasteiger charge is -2.22. The van der Waals surface area contributed by atoms with Crippen LogP contribution in [0, 0.1) is 0 Å². The Morgan fingerprint density at radius 1 is 1.33 bits per heavy atom. The van der Waals surface area contributed by atoms with Crippen LogP contribution in [0.1, 0.15) is 24.5 Å². The predicted octanol–water partition coefficient (Wildman–Crippen LogP) is 1.18. The van der Waals surface area contributed by atoms with Crippen molar-refractivity contribution in [3.63, 3.8) is 0 Å². The van der Waals surface area contributed by atoms with Gasteiger partial charge in [-0.3, -0.25) is 9.59 Å². The van der Waals surface area contributed by atoms with Gasteiger partial charge in [-0.25, -0.2) is 4.52 Å². The van der Waals surface area contributed by atoms with E-state index in [1.807, 2.05) is 18.2 Å². The largest absolute Gasteiger partial charge is 0.325 e. The van der Waals surface area contributed by atoms with Crippen LogP contribution in [0.4, 0.5) is 5.69 Å². The Morgan fingerprint density at radius 2 is 2.15 bits per heavy atom. The number of amides is 1. The third-order valence-corrected chi connectivity index (χ3v) is 5.58. The van der Waals surface area contributed by atoms with Crippen molar-refractivity contribution >= 4 is 27.9 Å². The van der Waals surface area contributed by atoms with Crippen LogP contribution in [0.3, 0.4) is 0 Å². The Balaban J connectivity index is 1.74. The number of nitrogens with two attached hydrogens (primary N) is 1. The quantitative estimate of drug-likeness (QED) is 0.622. The first-order chi connectivity index (χ1) is 13.1. The van der Waals surface area contributed by atoms with Gasteiger partial charge in [-0.15, -0.1) is 0 Å². The van der Waals surface area contributed by atoms with E-state index in [1.165, 1.54) is 11.3 Å². The van der Waals surface area contributed by atoms with Crippen molar-refractivity contribution in [2.75, 3.05) is 25.0 Å². The summed E-state index contributed by atoms with van der Waals surface area (Å²) in [5.41, 5.74) is 7.54. The number of anilines is 1. The molecular weight excluding hydrogens is 364 g/mol. The second-order valence-electron chi connectivity index (χ2n) is 6.48. The molecule has 0 aliphatic carbocycles. The van der Waals surface area contributed by atoms with Crippen LogP contribution in [0.15, 0.2) is 35.1 Å². The molecule has 0 bridgehead atoms. The molecule has 0 radical (unpaired) electrons. The summed E-state index contributed by atoms with van der Waals surface area (Å²) in [5, 5.41) is 11.5. The van der Waals surface area contributed by atoms with Gasteiger partial charge in [0.15, 0.2) is 0 Å². The molecule has 1 fully saturated rings. The van der Waals surface area contributed by atoms with Crippen molar-refractivity contribution in [3.05, 3.63) is 46.4 Å². The highest BCUT2D eigenvalue weighted by Crippen LogP contribution is 2.30. The van der Waals surface area contributed by atoms with Crippen LogP contribution in [-0.4, -0.2) is 40.1 Å². The minimum atomic E-state index is -0.253. The predicted molar refractivity (Wildman–Crippen MR) is 105 cm³/mol. The first-order valence-corrected chi connectivity index (χ1v) is 9.67. The smallest absolute Gasteiger partial charge is 0.274 e. The number of aromatic nitrogens is 3. The fraction of sp³-hybridized carbons (Fsp3) is 0.333. The molecule has 0 atom stereocenters. The zero-order chi connectivity index (χ0) is 18.8. The number of hydrogen-bond donors (Lipinski definition) is 3. The lowest BCUT2D eigenvalue weighted by atomic mass is 9.94. The maximum atomic E-state index is 12.1. The molecule has 8 nitrogen and oxygen atoms in total. The van der Waals surface area contributed by atoms with E-state index in [9.17, 15) is 9.59 Å². The molecule has 4 rings (SSSR count). The van der Waals surface area contributed by atoms with Gasteiger partial charge in [0.1, 0.15) is 5.01 Å². The van der Waals surface area contributed by atoms with E-state index in [2.05, 4.69) is 15.6 Å². The molecule has 3 heterocycles. The van der Waals surface area contributed by atoms with Crippen molar-refractivity contribution in [3.8, 4) is 10.6 Å². The summed E-state index contributed by atoms with van der Waals surface area (Å²) in [7, 11) is 0. The lowest BCUT2D eigenvalue weighted by molar-refractivity contribution is -0.114. The summed E-state index contributed by atoms with van der Waals surface area (Å²) in [5.74, 6) is 0.0382. The highest BCUT2D eigenvalue weighted by molar-refractivity contribution is 7.19. The monoisotopic (exact) mass is 384 g/mol. The molecule has 1 saturated heterocycles. The Bertz CT molecular complexity index is 1040. The van der Waals surface area contributed by atoms with Gasteiger partial charge in [-0.1, -0.05) is 23.5 Å². The van der Waals surface area contributed by atoms with Crippen LogP contribution in [0.25, 0.3) is 15.5 Å². The summed E-state index contributed by atoms with van der Waals surface area (Å²) in [4.78, 5) is 28.3. The minimum absolute atomic E-state index is 0.0724. The maximum Gasteiger partial charge on any atom is 0.274 e. The summed E-state index contributed by atoms with van der Waals surface area (Å²) >= 11 is 1.36. The molecule has 0 spiro atoms. The molecular formula is C18H20N6O2S. The topological polar surface area (TPSA) is 114 Å². The number of benzene rings is 1. The van der Waals surface area contributed by atoms with E-state index >= 15 is 0 Å². The highest BCUT2D eigenvalue weighted by Gasteiger charge is 2.21. The summed E-state index contributed by atoms with van der Waals surface area (Å²) in [6.07, 6.45) is 1.94. The highest BCUT2D eigenvalue weighted by atomic mass is 32.1. The number of carbonyl (C=O) groups is 1. The van der Waals surface area contributed by atoms with E-state index in [0.717, 1.165) is 42.2 Å². The summed E-state index contributed by atoms with van der Waals surface area (Å²) in [6, 6.07) is 9.00. The Hall–Kier alpha value is -2.62. The van der Waals surface area contributed by atoms with Crippen molar-refractivity contribution in [1.82, 2.24) is 19.9 Å². The fourth-order valence-corrected chi connectivity index (χ4v) is 4.21. The van der Waals surface area contributed by atoms with E-state index in [-0.39, 0.29) is 18.0 Å². The van der Waals surface area contributed by atoms with Crippen LogP contribution in [0.5, 0.6) is 0 Å². The zero-order valence-electron chi connectivity index (χ0n) is 14.6. The van der Waals surface area contributed by atoms with Gasteiger partial charge in [0.05, 0.1) is 12.2 Å². The second-order valence-corrected chi connectivity index (χ2v) is 7.43. The molecule has 3 aromatic rings. The van der Waals surface area contributed by atoms with Gasteiger partial charge < -0.3 is 16.4 Å². The minimum Gasteiger partial charge on any atom is -0.325 e. The molecule has 0 unspecified atom stereocenters. The lowest BCUT2D eigenvalue weighted by Crippen LogP contribution is -2.28. The maximum absolute atomic E-state index is 12.1. The first kappa shape index (κ1) is 17.8. The first-order valence-electron chi connectivity index (χ1n) is 8.86. The van der Waals surface area contributed by atoms with E-state index in [1.54, 1.807) is 16.6 Å². The zero-order valence-corrected chi connectivity index (χ0v) is 15.5. The SMILES string of the molecule is NCC(=O)Nc1cccc(-c2nn3c(C4CCNCC4)cc(=O)nc3s2)c1. The summed E-state index contributed by atoms with van der Waals surface area (Å²) in [6.45, 7) is 1.79. The van der Waals surface area contributed by atoms with E-state index in [0.29, 0.717) is 16.6 Å². The molecule has 27 heavy (non-hydrogen) atoms. The number of piperidine rings is 1. The van der Waals surface area contributed by atoms with Gasteiger partial charge in [0.25, 0.3) is 5.56 Å². The van der Waals surface area contributed by atoms with E-state index in [4.69, 9.17) is 10.8 Å². The number of carbonyl (C=O) groups excluding carboxylic acids is 1. The standard InChI is InChI=1S/C18H20N6O2S/c19-10-16(26)21-13-3-1-2-12(8-13)17-23-24-14(11-4-6-20-7-5-11)9-15(25)22-18(24)27-17/h1-3,8-9,11,20H,4-7,10,19H2,(H,21,26). The fourth-order valence-electron chi connectivity index (χ4n) is 3.30. The number of nitrogens with zero attached hydrogens (tertiary/aromatic N) is 3. The molecule has 2 aromatic heterocycles. The molecule has 0 saturated carbocycles. The number of rotatable bonds is 4. The van der Waals surface area contributed by atoms with Crippen LogP contribution in [0.2, 0.25) is 0 Å². The third kappa shape index (κ3) is 3.75. The molecule has 9 heteroatoms. The Kier molecular flexibility index (Phi) is 4.97. The molecule has 140 valence electrons. The Labute approximate surface area is 159 Å². The molecule has 1 aromatic carbocycles. The average molecular weight is 384 g/mol. The molecule has 1 aliphatic rings. The van der Waals surface area contributed by atoms with E-state index < -0.39 is 0 Å². The third-order valence-electron chi connectivity index (χ3n) is 4.62. The molecule has 1 aliphatic heterocycles. The van der Waals surface area contributed by atoms with Crippen LogP contribution in [-0.2, 0) is 4.79 Å². The Morgan fingerprint density at radius 3 is 2.93 bits per heavy atom.